The van der Waals surface area contributed by atoms with Gasteiger partial charge in [-0.3, -0.25) is 0 Å². The molecule has 3 N–H and O–H groups in total. The molecule has 2 aromatic rings. The van der Waals surface area contributed by atoms with E-state index in [-0.39, 0.29) is 17.1 Å². The number of nitriles is 1. The van der Waals surface area contributed by atoms with Gasteiger partial charge in [-0.05, 0) is 35.9 Å². The highest BCUT2D eigenvalue weighted by molar-refractivity contribution is 7.89. The fourth-order valence-electron chi connectivity index (χ4n) is 1.63. The number of halogens is 1. The van der Waals surface area contributed by atoms with E-state index < -0.39 is 15.8 Å². The van der Waals surface area contributed by atoms with Crippen molar-refractivity contribution in [3.63, 3.8) is 0 Å². The van der Waals surface area contributed by atoms with E-state index in [1.807, 2.05) is 6.07 Å². The van der Waals surface area contributed by atoms with Gasteiger partial charge in [-0.25, -0.2) is 17.5 Å². The van der Waals surface area contributed by atoms with Crippen LogP contribution in [0.5, 0.6) is 0 Å². The molecule has 0 aromatic heterocycles. The van der Waals surface area contributed by atoms with Crippen molar-refractivity contribution in [3.05, 3.63) is 59.4 Å². The van der Waals surface area contributed by atoms with Crippen LogP contribution in [0.15, 0.2) is 47.4 Å². The Labute approximate surface area is 121 Å². The van der Waals surface area contributed by atoms with Crippen LogP contribution >= 0.6 is 0 Å². The third kappa shape index (κ3) is 3.56. The van der Waals surface area contributed by atoms with Gasteiger partial charge in [0.1, 0.15) is 5.82 Å². The highest BCUT2D eigenvalue weighted by atomic mass is 32.2. The van der Waals surface area contributed by atoms with Crippen molar-refractivity contribution in [2.45, 2.75) is 11.4 Å². The van der Waals surface area contributed by atoms with Crippen molar-refractivity contribution < 1.29 is 12.8 Å². The van der Waals surface area contributed by atoms with Crippen LogP contribution in [0.4, 0.5) is 10.1 Å². The molecule has 5 nitrogen and oxygen atoms in total. The Morgan fingerprint density at radius 3 is 2.43 bits per heavy atom. The Hall–Kier alpha value is -2.43. The van der Waals surface area contributed by atoms with Crippen molar-refractivity contribution in [2.75, 3.05) is 5.73 Å². The molecule has 0 fully saturated rings. The molecule has 0 saturated heterocycles. The first kappa shape index (κ1) is 15.0. The minimum absolute atomic E-state index is 0.0417. The van der Waals surface area contributed by atoms with Crippen LogP contribution in [0, 0.1) is 17.1 Å². The van der Waals surface area contributed by atoms with Crippen molar-refractivity contribution >= 4 is 15.7 Å². The van der Waals surface area contributed by atoms with Gasteiger partial charge in [0.05, 0.1) is 22.2 Å². The number of nitrogens with two attached hydrogens (primary N) is 1. The van der Waals surface area contributed by atoms with Gasteiger partial charge < -0.3 is 5.73 Å². The molecule has 0 saturated carbocycles. The highest BCUT2D eigenvalue weighted by Gasteiger charge is 2.15. The fourth-order valence-corrected chi connectivity index (χ4v) is 2.66. The Kier molecular flexibility index (Phi) is 4.21. The molecule has 2 rings (SSSR count). The minimum atomic E-state index is -3.82. The summed E-state index contributed by atoms with van der Waals surface area (Å²) >= 11 is 0. The second kappa shape index (κ2) is 5.91. The van der Waals surface area contributed by atoms with E-state index in [1.54, 1.807) is 24.3 Å². The zero-order valence-electron chi connectivity index (χ0n) is 10.9. The molecule has 0 radical (unpaired) electrons. The Morgan fingerprint density at radius 2 is 1.86 bits per heavy atom. The summed E-state index contributed by atoms with van der Waals surface area (Å²) in [7, 11) is -3.82. The SMILES string of the molecule is N#Cc1ccc(CNS(=O)(=O)c2ccc(N)c(F)c2)cc1. The second-order valence-corrected chi connectivity index (χ2v) is 6.08. The molecule has 108 valence electrons. The third-order valence-corrected chi connectivity index (χ3v) is 4.23. The number of nitrogen functional groups attached to an aromatic ring is 1. The Morgan fingerprint density at radius 1 is 1.19 bits per heavy atom. The summed E-state index contributed by atoms with van der Waals surface area (Å²) in [4.78, 5) is -0.192. The predicted octanol–water partition coefficient (Wildman–Crippen LogP) is 1.76. The molecular formula is C14H12FN3O2S. The van der Waals surface area contributed by atoms with Crippen LogP contribution in [-0.2, 0) is 16.6 Å². The zero-order chi connectivity index (χ0) is 15.5. The van der Waals surface area contributed by atoms with Crippen LogP contribution in [0.3, 0.4) is 0 Å². The maximum Gasteiger partial charge on any atom is 0.240 e. The van der Waals surface area contributed by atoms with E-state index in [9.17, 15) is 12.8 Å². The molecule has 7 heteroatoms. The smallest absolute Gasteiger partial charge is 0.240 e. The largest absolute Gasteiger partial charge is 0.396 e. The molecule has 0 spiro atoms. The number of hydrogen-bond donors (Lipinski definition) is 2. The van der Waals surface area contributed by atoms with Gasteiger partial charge in [-0.2, -0.15) is 5.26 Å². The first-order chi connectivity index (χ1) is 9.92. The lowest BCUT2D eigenvalue weighted by Gasteiger charge is -2.08. The Balaban J connectivity index is 2.13. The van der Waals surface area contributed by atoms with Gasteiger partial charge in [0.2, 0.25) is 10.0 Å². The first-order valence-corrected chi connectivity index (χ1v) is 7.44. The summed E-state index contributed by atoms with van der Waals surface area (Å²) in [5.41, 5.74) is 6.37. The minimum Gasteiger partial charge on any atom is -0.396 e. The molecule has 0 aliphatic rings. The first-order valence-electron chi connectivity index (χ1n) is 5.96. The van der Waals surface area contributed by atoms with E-state index in [0.717, 1.165) is 6.07 Å². The van der Waals surface area contributed by atoms with Gasteiger partial charge in [-0.15, -0.1) is 0 Å². The summed E-state index contributed by atoms with van der Waals surface area (Å²) in [5.74, 6) is -0.781. The van der Waals surface area contributed by atoms with Gasteiger partial charge in [-0.1, -0.05) is 12.1 Å². The standard InChI is InChI=1S/C14H12FN3O2S/c15-13-7-12(5-6-14(13)17)21(19,20)18-9-11-3-1-10(8-16)2-4-11/h1-7,18H,9,17H2. The molecule has 21 heavy (non-hydrogen) atoms. The number of rotatable bonds is 4. The predicted molar refractivity (Wildman–Crippen MR) is 76.0 cm³/mol. The number of nitrogens with one attached hydrogen (secondary N) is 1. The quantitative estimate of drug-likeness (QED) is 0.841. The second-order valence-electron chi connectivity index (χ2n) is 4.32. The molecular weight excluding hydrogens is 293 g/mol. The van der Waals surface area contributed by atoms with Gasteiger partial charge in [0, 0.05) is 6.54 Å². The lowest BCUT2D eigenvalue weighted by atomic mass is 10.1. The third-order valence-electron chi connectivity index (χ3n) is 2.83. The van der Waals surface area contributed by atoms with Gasteiger partial charge >= 0.3 is 0 Å². The number of anilines is 1. The normalized spacial score (nSPS) is 11.0. The van der Waals surface area contributed by atoms with Crippen LogP contribution in [-0.4, -0.2) is 8.42 Å². The van der Waals surface area contributed by atoms with E-state index in [4.69, 9.17) is 11.0 Å². The van der Waals surface area contributed by atoms with Gasteiger partial charge in [0.15, 0.2) is 0 Å². The van der Waals surface area contributed by atoms with E-state index in [2.05, 4.69) is 4.72 Å². The summed E-state index contributed by atoms with van der Waals surface area (Å²) in [5, 5.41) is 8.68. The van der Waals surface area contributed by atoms with Crippen molar-refractivity contribution in [3.8, 4) is 6.07 Å². The fraction of sp³-hybridized carbons (Fsp3) is 0.0714. The average Bonchev–Trinajstić information content (AvgIpc) is 2.48. The number of nitrogens with zero attached hydrogens (tertiary/aromatic N) is 1. The topological polar surface area (TPSA) is 96.0 Å². The number of sulfonamides is 1. The highest BCUT2D eigenvalue weighted by Crippen LogP contribution is 2.16. The van der Waals surface area contributed by atoms with Crippen LogP contribution in [0.2, 0.25) is 0 Å². The molecule has 0 heterocycles. The van der Waals surface area contributed by atoms with E-state index in [0.29, 0.717) is 11.1 Å². The number of hydrogen-bond acceptors (Lipinski definition) is 4. The maximum absolute atomic E-state index is 13.3. The monoisotopic (exact) mass is 305 g/mol. The molecule has 0 aliphatic heterocycles. The van der Waals surface area contributed by atoms with Crippen molar-refractivity contribution in [1.29, 1.82) is 5.26 Å². The van der Waals surface area contributed by atoms with E-state index in [1.165, 1.54) is 12.1 Å². The summed E-state index contributed by atoms with van der Waals surface area (Å²) in [6, 6.07) is 11.7. The average molecular weight is 305 g/mol. The van der Waals surface area contributed by atoms with Crippen molar-refractivity contribution in [1.82, 2.24) is 4.72 Å². The maximum atomic E-state index is 13.3. The van der Waals surface area contributed by atoms with Crippen LogP contribution < -0.4 is 10.5 Å². The lowest BCUT2D eigenvalue weighted by Crippen LogP contribution is -2.23. The molecule has 0 atom stereocenters. The van der Waals surface area contributed by atoms with Crippen molar-refractivity contribution in [2.24, 2.45) is 0 Å². The van der Waals surface area contributed by atoms with E-state index >= 15 is 0 Å². The molecule has 0 amide bonds. The van der Waals surface area contributed by atoms with Gasteiger partial charge in [0.25, 0.3) is 0 Å². The molecule has 0 unspecified atom stereocenters. The number of benzene rings is 2. The molecule has 0 bridgehead atoms. The molecule has 2 aromatic carbocycles. The van der Waals surface area contributed by atoms with Crippen LogP contribution in [0.25, 0.3) is 0 Å². The molecule has 0 aliphatic carbocycles. The van der Waals surface area contributed by atoms with Crippen LogP contribution in [0.1, 0.15) is 11.1 Å². The summed E-state index contributed by atoms with van der Waals surface area (Å²) in [6.45, 7) is 0.0417. The zero-order valence-corrected chi connectivity index (χ0v) is 11.7. The lowest BCUT2D eigenvalue weighted by molar-refractivity contribution is 0.578. The Bertz CT molecular complexity index is 796. The summed E-state index contributed by atoms with van der Waals surface area (Å²) in [6.07, 6.45) is 0. The summed E-state index contributed by atoms with van der Waals surface area (Å²) < 4.78 is 39.7.